The number of aryl methyl sites for hydroxylation is 1. The summed E-state index contributed by atoms with van der Waals surface area (Å²) < 4.78 is 15.4. The summed E-state index contributed by atoms with van der Waals surface area (Å²) in [4.78, 5) is 11.4. The maximum absolute atomic E-state index is 11.4. The van der Waals surface area contributed by atoms with Crippen LogP contribution in [0.4, 0.5) is 0 Å². The molecule has 0 N–H and O–H groups in total. The van der Waals surface area contributed by atoms with Crippen molar-refractivity contribution in [2.75, 3.05) is 6.61 Å². The number of esters is 1. The van der Waals surface area contributed by atoms with E-state index in [1.165, 1.54) is 11.6 Å². The average molecular weight is 275 g/mol. The summed E-state index contributed by atoms with van der Waals surface area (Å²) in [5.41, 5.74) is 2.46. The molecule has 1 aromatic heterocycles. The van der Waals surface area contributed by atoms with Crippen LogP contribution in [-0.4, -0.2) is 17.7 Å². The molecule has 0 fully saturated rings. The van der Waals surface area contributed by atoms with Crippen molar-refractivity contribution in [2.24, 2.45) is 0 Å². The lowest BCUT2D eigenvalue weighted by atomic mass is 10.2. The first kappa shape index (κ1) is 14.3. The predicted molar refractivity (Wildman–Crippen MR) is 72.1 cm³/mol. The maximum atomic E-state index is 11.4. The van der Waals surface area contributed by atoms with E-state index in [0.717, 1.165) is 5.56 Å². The number of nitrogens with zero attached hydrogens (tertiary/aromatic N) is 1. The quantitative estimate of drug-likeness (QED) is 0.758. The molecule has 20 heavy (non-hydrogen) atoms. The van der Waals surface area contributed by atoms with Gasteiger partial charge in [-0.05, 0) is 19.4 Å². The molecule has 2 rings (SSSR count). The summed E-state index contributed by atoms with van der Waals surface area (Å²) in [6.07, 6.45) is 0. The standard InChI is InChI=1S/C15H17NO4/c1-3-19-15(17)14-8-13(20-16-14)10-18-9-12-6-4-11(2)5-7-12/h4-8H,3,9-10H2,1-2H3. The highest BCUT2D eigenvalue weighted by molar-refractivity contribution is 5.87. The van der Waals surface area contributed by atoms with E-state index in [1.807, 2.05) is 31.2 Å². The molecule has 1 aromatic carbocycles. The number of hydrogen-bond donors (Lipinski definition) is 0. The summed E-state index contributed by atoms with van der Waals surface area (Å²) in [6.45, 7) is 4.83. The number of aromatic nitrogens is 1. The van der Waals surface area contributed by atoms with Crippen molar-refractivity contribution >= 4 is 5.97 Å². The highest BCUT2D eigenvalue weighted by Gasteiger charge is 2.13. The van der Waals surface area contributed by atoms with Crippen LogP contribution in [0.25, 0.3) is 0 Å². The van der Waals surface area contributed by atoms with E-state index in [-0.39, 0.29) is 12.3 Å². The van der Waals surface area contributed by atoms with Gasteiger partial charge in [-0.15, -0.1) is 0 Å². The molecule has 2 aromatic rings. The fourth-order valence-corrected chi connectivity index (χ4v) is 1.64. The van der Waals surface area contributed by atoms with Gasteiger partial charge in [0.05, 0.1) is 13.2 Å². The number of benzene rings is 1. The first-order valence-electron chi connectivity index (χ1n) is 6.45. The fraction of sp³-hybridized carbons (Fsp3) is 0.333. The highest BCUT2D eigenvalue weighted by atomic mass is 16.5. The SMILES string of the molecule is CCOC(=O)c1cc(COCc2ccc(C)cc2)on1. The van der Waals surface area contributed by atoms with Gasteiger partial charge in [-0.1, -0.05) is 35.0 Å². The predicted octanol–water partition coefficient (Wildman–Crippen LogP) is 2.88. The largest absolute Gasteiger partial charge is 0.461 e. The fourth-order valence-electron chi connectivity index (χ4n) is 1.64. The Morgan fingerprint density at radius 3 is 2.70 bits per heavy atom. The number of rotatable bonds is 6. The molecule has 0 aliphatic carbocycles. The highest BCUT2D eigenvalue weighted by Crippen LogP contribution is 2.09. The van der Waals surface area contributed by atoms with E-state index in [4.69, 9.17) is 14.0 Å². The molecular formula is C15H17NO4. The van der Waals surface area contributed by atoms with Crippen LogP contribution in [0.2, 0.25) is 0 Å². The number of ether oxygens (including phenoxy) is 2. The van der Waals surface area contributed by atoms with Gasteiger partial charge >= 0.3 is 5.97 Å². The van der Waals surface area contributed by atoms with Gasteiger partial charge in [0, 0.05) is 6.07 Å². The van der Waals surface area contributed by atoms with Crippen molar-refractivity contribution in [1.82, 2.24) is 5.16 Å². The molecule has 106 valence electrons. The minimum Gasteiger partial charge on any atom is -0.461 e. The second-order valence-electron chi connectivity index (χ2n) is 4.38. The number of hydrogen-bond acceptors (Lipinski definition) is 5. The zero-order valence-electron chi connectivity index (χ0n) is 11.6. The third kappa shape index (κ3) is 3.93. The van der Waals surface area contributed by atoms with Crippen LogP contribution in [-0.2, 0) is 22.7 Å². The molecule has 0 atom stereocenters. The lowest BCUT2D eigenvalue weighted by molar-refractivity contribution is 0.0513. The van der Waals surface area contributed by atoms with E-state index < -0.39 is 5.97 Å². The lowest BCUT2D eigenvalue weighted by Crippen LogP contribution is -2.04. The van der Waals surface area contributed by atoms with Crippen molar-refractivity contribution in [3.8, 4) is 0 Å². The van der Waals surface area contributed by atoms with Crippen LogP contribution in [0.1, 0.15) is 34.3 Å². The summed E-state index contributed by atoms with van der Waals surface area (Å²) >= 11 is 0. The van der Waals surface area contributed by atoms with Crippen molar-refractivity contribution in [3.63, 3.8) is 0 Å². The van der Waals surface area contributed by atoms with Crippen molar-refractivity contribution < 1.29 is 18.8 Å². The molecule has 0 radical (unpaired) electrons. The topological polar surface area (TPSA) is 61.6 Å². The van der Waals surface area contributed by atoms with Gasteiger partial charge in [0.2, 0.25) is 0 Å². The number of carbonyl (C=O) groups excluding carboxylic acids is 1. The van der Waals surface area contributed by atoms with E-state index in [2.05, 4.69) is 5.16 Å². The Labute approximate surface area is 117 Å². The van der Waals surface area contributed by atoms with Crippen molar-refractivity contribution in [3.05, 3.63) is 52.9 Å². The second-order valence-corrected chi connectivity index (χ2v) is 4.38. The third-order valence-electron chi connectivity index (χ3n) is 2.68. The molecule has 0 saturated carbocycles. The minimum absolute atomic E-state index is 0.167. The molecule has 0 bridgehead atoms. The molecule has 5 nitrogen and oxygen atoms in total. The van der Waals surface area contributed by atoms with Crippen molar-refractivity contribution in [2.45, 2.75) is 27.1 Å². The van der Waals surface area contributed by atoms with Crippen LogP contribution >= 0.6 is 0 Å². The Hall–Kier alpha value is -2.14. The van der Waals surface area contributed by atoms with Crippen LogP contribution in [0.5, 0.6) is 0 Å². The molecule has 1 heterocycles. The van der Waals surface area contributed by atoms with Gasteiger partial charge in [0.15, 0.2) is 11.5 Å². The average Bonchev–Trinajstić information content (AvgIpc) is 2.90. The first-order valence-corrected chi connectivity index (χ1v) is 6.45. The van der Waals surface area contributed by atoms with Crippen LogP contribution in [0.3, 0.4) is 0 Å². The smallest absolute Gasteiger partial charge is 0.360 e. The molecule has 5 heteroatoms. The normalized spacial score (nSPS) is 10.5. The van der Waals surface area contributed by atoms with Gasteiger partial charge < -0.3 is 14.0 Å². The molecule has 0 aliphatic rings. The van der Waals surface area contributed by atoms with Crippen LogP contribution < -0.4 is 0 Å². The third-order valence-corrected chi connectivity index (χ3v) is 2.68. The van der Waals surface area contributed by atoms with Crippen LogP contribution in [0.15, 0.2) is 34.9 Å². The molecule has 0 amide bonds. The Morgan fingerprint density at radius 2 is 2.00 bits per heavy atom. The minimum atomic E-state index is -0.485. The van der Waals surface area contributed by atoms with Crippen molar-refractivity contribution in [1.29, 1.82) is 0 Å². The summed E-state index contributed by atoms with van der Waals surface area (Å²) in [6, 6.07) is 9.63. The molecular weight excluding hydrogens is 258 g/mol. The summed E-state index contributed by atoms with van der Waals surface area (Å²) in [5, 5.41) is 3.64. The Morgan fingerprint density at radius 1 is 1.25 bits per heavy atom. The lowest BCUT2D eigenvalue weighted by Gasteiger charge is -2.02. The van der Waals surface area contributed by atoms with Crippen LogP contribution in [0, 0.1) is 6.92 Å². The van der Waals surface area contributed by atoms with E-state index >= 15 is 0 Å². The maximum Gasteiger partial charge on any atom is 0.360 e. The van der Waals surface area contributed by atoms with E-state index in [9.17, 15) is 4.79 Å². The molecule has 0 saturated heterocycles. The zero-order valence-corrected chi connectivity index (χ0v) is 11.6. The van der Waals surface area contributed by atoms with E-state index in [0.29, 0.717) is 19.0 Å². The molecule has 0 aliphatic heterocycles. The molecule has 0 unspecified atom stereocenters. The van der Waals surface area contributed by atoms with E-state index in [1.54, 1.807) is 6.92 Å². The Kier molecular flexibility index (Phi) is 4.90. The van der Waals surface area contributed by atoms with Gasteiger partial charge in [-0.25, -0.2) is 4.79 Å². The van der Waals surface area contributed by atoms with Gasteiger partial charge in [-0.3, -0.25) is 0 Å². The molecule has 0 spiro atoms. The monoisotopic (exact) mass is 275 g/mol. The second kappa shape index (κ2) is 6.86. The summed E-state index contributed by atoms with van der Waals surface area (Å²) in [7, 11) is 0. The Bertz CT molecular complexity index is 560. The summed E-state index contributed by atoms with van der Waals surface area (Å²) in [5.74, 6) is 0.0150. The van der Waals surface area contributed by atoms with Gasteiger partial charge in [0.1, 0.15) is 6.61 Å². The number of carbonyl (C=O) groups is 1. The zero-order chi connectivity index (χ0) is 14.4. The van der Waals surface area contributed by atoms with Gasteiger partial charge in [0.25, 0.3) is 0 Å². The Balaban J connectivity index is 1.82. The first-order chi connectivity index (χ1) is 9.69. The van der Waals surface area contributed by atoms with Gasteiger partial charge in [-0.2, -0.15) is 0 Å².